The Morgan fingerprint density at radius 2 is 2.00 bits per heavy atom. The molecule has 1 aliphatic carbocycles. The lowest BCUT2D eigenvalue weighted by molar-refractivity contribution is 0.288. The fourth-order valence-electron chi connectivity index (χ4n) is 2.35. The van der Waals surface area contributed by atoms with Gasteiger partial charge in [0.25, 0.3) is 0 Å². The molecule has 100 valence electrons. The van der Waals surface area contributed by atoms with Crippen LogP contribution in [-0.4, -0.2) is 19.2 Å². The molecule has 18 heavy (non-hydrogen) atoms. The normalized spacial score (nSPS) is 16.8. The summed E-state index contributed by atoms with van der Waals surface area (Å²) in [5.74, 6) is 0.298. The fourth-order valence-corrected chi connectivity index (χ4v) is 2.79. The molecule has 1 aromatic rings. The number of hydrogen-bond donors (Lipinski definition) is 1. The van der Waals surface area contributed by atoms with Gasteiger partial charge in [0.1, 0.15) is 18.2 Å². The Morgan fingerprint density at radius 1 is 1.22 bits per heavy atom. The molecule has 1 fully saturated rings. The van der Waals surface area contributed by atoms with Gasteiger partial charge in [-0.3, -0.25) is 0 Å². The van der Waals surface area contributed by atoms with E-state index in [4.69, 9.17) is 4.74 Å². The number of benzene rings is 1. The zero-order valence-electron chi connectivity index (χ0n) is 10.4. The van der Waals surface area contributed by atoms with Gasteiger partial charge < -0.3 is 10.1 Å². The molecule has 2 rings (SSSR count). The van der Waals surface area contributed by atoms with E-state index in [0.29, 0.717) is 22.9 Å². The average molecular weight is 316 g/mol. The molecule has 2 nitrogen and oxygen atoms in total. The van der Waals surface area contributed by atoms with Gasteiger partial charge in [0.2, 0.25) is 0 Å². The molecule has 4 heteroatoms. The highest BCUT2D eigenvalue weighted by Gasteiger charge is 2.11. The third-order valence-electron chi connectivity index (χ3n) is 3.25. The summed E-state index contributed by atoms with van der Waals surface area (Å²) >= 11 is 3.25. The van der Waals surface area contributed by atoms with E-state index < -0.39 is 0 Å². The first-order valence-electron chi connectivity index (χ1n) is 6.56. The second kappa shape index (κ2) is 7.10. The molecule has 0 bridgehead atoms. The fraction of sp³-hybridized carbons (Fsp3) is 0.571. The maximum absolute atomic E-state index is 13.1. The SMILES string of the molecule is Fc1cc(Br)cc(OCCNC2CCCCC2)c1. The van der Waals surface area contributed by atoms with Crippen LogP contribution in [0.25, 0.3) is 0 Å². The third kappa shape index (κ3) is 4.58. The lowest BCUT2D eigenvalue weighted by Gasteiger charge is -2.22. The molecule has 1 saturated carbocycles. The van der Waals surface area contributed by atoms with Gasteiger partial charge >= 0.3 is 0 Å². The quantitative estimate of drug-likeness (QED) is 0.832. The van der Waals surface area contributed by atoms with Gasteiger partial charge in [-0.1, -0.05) is 35.2 Å². The van der Waals surface area contributed by atoms with Crippen LogP contribution >= 0.6 is 15.9 Å². The van der Waals surface area contributed by atoms with Crippen molar-refractivity contribution in [2.75, 3.05) is 13.2 Å². The van der Waals surface area contributed by atoms with Gasteiger partial charge in [-0.2, -0.15) is 0 Å². The van der Waals surface area contributed by atoms with E-state index >= 15 is 0 Å². The zero-order valence-corrected chi connectivity index (χ0v) is 12.0. The highest BCUT2D eigenvalue weighted by Crippen LogP contribution is 2.20. The molecule has 0 atom stereocenters. The van der Waals surface area contributed by atoms with Crippen molar-refractivity contribution in [1.82, 2.24) is 5.32 Å². The van der Waals surface area contributed by atoms with E-state index in [1.54, 1.807) is 6.07 Å². The summed E-state index contributed by atoms with van der Waals surface area (Å²) in [5.41, 5.74) is 0. The van der Waals surface area contributed by atoms with Crippen LogP contribution in [0.2, 0.25) is 0 Å². The van der Waals surface area contributed by atoms with E-state index in [1.807, 2.05) is 0 Å². The zero-order chi connectivity index (χ0) is 12.8. The van der Waals surface area contributed by atoms with Gasteiger partial charge in [0.05, 0.1) is 0 Å². The summed E-state index contributed by atoms with van der Waals surface area (Å²) < 4.78 is 19.3. The first kappa shape index (κ1) is 13.8. The largest absolute Gasteiger partial charge is 0.492 e. The predicted octanol–water partition coefficient (Wildman–Crippen LogP) is 3.89. The van der Waals surface area contributed by atoms with Crippen molar-refractivity contribution < 1.29 is 9.13 Å². The van der Waals surface area contributed by atoms with Crippen LogP contribution in [-0.2, 0) is 0 Å². The van der Waals surface area contributed by atoms with Crippen molar-refractivity contribution in [2.45, 2.75) is 38.1 Å². The Kier molecular flexibility index (Phi) is 5.45. The van der Waals surface area contributed by atoms with Crippen LogP contribution in [0.5, 0.6) is 5.75 Å². The van der Waals surface area contributed by atoms with Crippen LogP contribution in [0.3, 0.4) is 0 Å². The summed E-state index contributed by atoms with van der Waals surface area (Å²) in [7, 11) is 0. The van der Waals surface area contributed by atoms with Crippen molar-refractivity contribution in [3.63, 3.8) is 0 Å². The highest BCUT2D eigenvalue weighted by molar-refractivity contribution is 9.10. The highest BCUT2D eigenvalue weighted by atomic mass is 79.9. The first-order chi connectivity index (χ1) is 8.74. The van der Waals surface area contributed by atoms with Crippen molar-refractivity contribution in [1.29, 1.82) is 0 Å². The van der Waals surface area contributed by atoms with Crippen LogP contribution in [0.4, 0.5) is 4.39 Å². The number of rotatable bonds is 5. The summed E-state index contributed by atoms with van der Waals surface area (Å²) in [5, 5.41) is 3.49. The van der Waals surface area contributed by atoms with E-state index in [-0.39, 0.29) is 5.82 Å². The molecule has 0 spiro atoms. The Hall–Kier alpha value is -0.610. The van der Waals surface area contributed by atoms with Gasteiger partial charge in [-0.05, 0) is 25.0 Å². The minimum Gasteiger partial charge on any atom is -0.492 e. The van der Waals surface area contributed by atoms with Gasteiger partial charge in [0, 0.05) is 23.1 Å². The van der Waals surface area contributed by atoms with Crippen LogP contribution < -0.4 is 10.1 Å². The molecule has 0 amide bonds. The second-order valence-corrected chi connectivity index (χ2v) is 5.66. The van der Waals surface area contributed by atoms with Crippen molar-refractivity contribution in [3.8, 4) is 5.75 Å². The Balaban J connectivity index is 1.68. The molecule has 1 aliphatic rings. The van der Waals surface area contributed by atoms with Crippen molar-refractivity contribution in [3.05, 3.63) is 28.5 Å². The average Bonchev–Trinajstić information content (AvgIpc) is 2.35. The maximum Gasteiger partial charge on any atom is 0.128 e. The topological polar surface area (TPSA) is 21.3 Å². The van der Waals surface area contributed by atoms with Crippen LogP contribution in [0, 0.1) is 5.82 Å². The summed E-state index contributed by atoms with van der Waals surface area (Å²) in [6.45, 7) is 1.39. The third-order valence-corrected chi connectivity index (χ3v) is 3.70. The maximum atomic E-state index is 13.1. The molecule has 1 aromatic carbocycles. The Bertz CT molecular complexity index is 360. The van der Waals surface area contributed by atoms with Crippen LogP contribution in [0.1, 0.15) is 32.1 Å². The summed E-state index contributed by atoms with van der Waals surface area (Å²) in [6, 6.07) is 5.25. The molecule has 0 radical (unpaired) electrons. The molecular weight excluding hydrogens is 297 g/mol. The Morgan fingerprint density at radius 3 is 2.72 bits per heavy atom. The number of ether oxygens (including phenoxy) is 1. The van der Waals surface area contributed by atoms with Crippen LogP contribution in [0.15, 0.2) is 22.7 Å². The van der Waals surface area contributed by atoms with Gasteiger partial charge in [-0.25, -0.2) is 4.39 Å². The van der Waals surface area contributed by atoms with Crippen molar-refractivity contribution in [2.24, 2.45) is 0 Å². The number of nitrogens with one attached hydrogen (secondary N) is 1. The van der Waals surface area contributed by atoms with E-state index in [9.17, 15) is 4.39 Å². The Labute approximate surface area is 116 Å². The van der Waals surface area contributed by atoms with Gasteiger partial charge in [-0.15, -0.1) is 0 Å². The second-order valence-electron chi connectivity index (χ2n) is 4.74. The smallest absolute Gasteiger partial charge is 0.128 e. The van der Waals surface area contributed by atoms with E-state index in [1.165, 1.54) is 44.2 Å². The minimum atomic E-state index is -0.278. The standard InChI is InChI=1S/C14H19BrFNO/c15-11-8-12(16)10-14(9-11)18-7-6-17-13-4-2-1-3-5-13/h8-10,13,17H,1-7H2. The van der Waals surface area contributed by atoms with Gasteiger partial charge in [0.15, 0.2) is 0 Å². The lowest BCUT2D eigenvalue weighted by atomic mass is 9.96. The first-order valence-corrected chi connectivity index (χ1v) is 7.35. The molecule has 0 unspecified atom stereocenters. The predicted molar refractivity (Wildman–Crippen MR) is 74.5 cm³/mol. The summed E-state index contributed by atoms with van der Waals surface area (Å²) in [6.07, 6.45) is 6.56. The van der Waals surface area contributed by atoms with Crippen molar-refractivity contribution >= 4 is 15.9 Å². The molecular formula is C14H19BrFNO. The number of halogens is 2. The molecule has 1 N–H and O–H groups in total. The summed E-state index contributed by atoms with van der Waals surface area (Å²) in [4.78, 5) is 0. The minimum absolute atomic E-state index is 0.278. The molecule has 0 aromatic heterocycles. The number of hydrogen-bond acceptors (Lipinski definition) is 2. The molecule has 0 saturated heterocycles. The lowest BCUT2D eigenvalue weighted by Crippen LogP contribution is -2.34. The van der Waals surface area contributed by atoms with E-state index in [2.05, 4.69) is 21.2 Å². The van der Waals surface area contributed by atoms with E-state index in [0.717, 1.165) is 6.54 Å². The molecule has 0 heterocycles. The molecule has 0 aliphatic heterocycles. The monoisotopic (exact) mass is 315 g/mol.